The lowest BCUT2D eigenvalue weighted by atomic mass is 10.1. The third-order valence-corrected chi connectivity index (χ3v) is 2.04. The van der Waals surface area contributed by atoms with Crippen LogP contribution in [-0.4, -0.2) is 16.1 Å². The molecule has 0 aliphatic carbocycles. The highest BCUT2D eigenvalue weighted by Gasteiger charge is 2.04. The number of nitrogens with one attached hydrogen (secondary N) is 1. The summed E-state index contributed by atoms with van der Waals surface area (Å²) in [4.78, 5) is 13.2. The van der Waals surface area contributed by atoms with Gasteiger partial charge in [0.05, 0.1) is 0 Å². The van der Waals surface area contributed by atoms with E-state index in [1.165, 1.54) is 12.8 Å². The molecule has 0 aliphatic rings. The van der Waals surface area contributed by atoms with Crippen LogP contribution in [0.4, 0.5) is 0 Å². The van der Waals surface area contributed by atoms with Gasteiger partial charge in [0.15, 0.2) is 0 Å². The maximum Gasteiger partial charge on any atom is 0.352 e. The first-order valence-corrected chi connectivity index (χ1v) is 4.64. The first-order valence-electron chi connectivity index (χ1n) is 4.64. The molecule has 3 nitrogen and oxygen atoms in total. The van der Waals surface area contributed by atoms with Gasteiger partial charge < -0.3 is 10.1 Å². The maximum atomic E-state index is 10.5. The summed E-state index contributed by atoms with van der Waals surface area (Å²) in [5, 5.41) is 8.64. The van der Waals surface area contributed by atoms with Crippen molar-refractivity contribution >= 4 is 5.97 Å². The van der Waals surface area contributed by atoms with Crippen molar-refractivity contribution in [2.24, 2.45) is 0 Å². The molecule has 0 saturated carbocycles. The molecule has 1 aromatic rings. The number of hydrogen-bond acceptors (Lipinski definition) is 1. The third kappa shape index (κ3) is 2.93. The highest BCUT2D eigenvalue weighted by atomic mass is 16.4. The van der Waals surface area contributed by atoms with Crippen molar-refractivity contribution in [2.75, 3.05) is 0 Å². The van der Waals surface area contributed by atoms with Crippen LogP contribution in [0.2, 0.25) is 0 Å². The summed E-state index contributed by atoms with van der Waals surface area (Å²) in [6.45, 7) is 2.15. The summed E-state index contributed by atoms with van der Waals surface area (Å²) in [5.41, 5.74) is 1.37. The zero-order chi connectivity index (χ0) is 9.68. The van der Waals surface area contributed by atoms with E-state index >= 15 is 0 Å². The molecule has 0 aliphatic heterocycles. The first-order chi connectivity index (χ1) is 6.24. The van der Waals surface area contributed by atoms with Crippen LogP contribution in [0.1, 0.15) is 42.2 Å². The Bertz CT molecular complexity index is 278. The number of aromatic nitrogens is 1. The van der Waals surface area contributed by atoms with Gasteiger partial charge in [-0.2, -0.15) is 0 Å². The predicted octanol–water partition coefficient (Wildman–Crippen LogP) is 2.45. The lowest BCUT2D eigenvalue weighted by Crippen LogP contribution is -1.94. The zero-order valence-electron chi connectivity index (χ0n) is 7.84. The number of aryl methyl sites for hydroxylation is 1. The van der Waals surface area contributed by atoms with Gasteiger partial charge in [0.1, 0.15) is 5.69 Å². The summed E-state index contributed by atoms with van der Waals surface area (Å²) in [5.74, 6) is -0.887. The van der Waals surface area contributed by atoms with Gasteiger partial charge >= 0.3 is 5.97 Å². The second-order valence-corrected chi connectivity index (χ2v) is 3.18. The molecule has 2 N–H and O–H groups in total. The van der Waals surface area contributed by atoms with Crippen LogP contribution in [0.3, 0.4) is 0 Å². The van der Waals surface area contributed by atoms with E-state index in [9.17, 15) is 4.79 Å². The summed E-state index contributed by atoms with van der Waals surface area (Å²) in [6.07, 6.45) is 6.27. The van der Waals surface area contributed by atoms with Gasteiger partial charge in [0.25, 0.3) is 0 Å². The monoisotopic (exact) mass is 181 g/mol. The fourth-order valence-corrected chi connectivity index (χ4v) is 1.29. The number of carbonyl (C=O) groups is 1. The molecule has 0 atom stereocenters. The second-order valence-electron chi connectivity index (χ2n) is 3.18. The van der Waals surface area contributed by atoms with Gasteiger partial charge in [-0.05, 0) is 24.5 Å². The second kappa shape index (κ2) is 4.70. The van der Waals surface area contributed by atoms with Crippen molar-refractivity contribution in [2.45, 2.75) is 32.6 Å². The standard InChI is InChI=1S/C10H15NO2/c1-2-3-4-5-8-6-9(10(12)13)11-7-8/h6-7,11H,2-5H2,1H3,(H,12,13). The molecule has 0 bridgehead atoms. The van der Waals surface area contributed by atoms with Crippen LogP contribution < -0.4 is 0 Å². The summed E-state index contributed by atoms with van der Waals surface area (Å²) >= 11 is 0. The normalized spacial score (nSPS) is 10.2. The highest BCUT2D eigenvalue weighted by Crippen LogP contribution is 2.08. The van der Waals surface area contributed by atoms with E-state index < -0.39 is 5.97 Å². The van der Waals surface area contributed by atoms with Gasteiger partial charge in [-0.15, -0.1) is 0 Å². The fourth-order valence-electron chi connectivity index (χ4n) is 1.29. The molecule has 1 rings (SSSR count). The lowest BCUT2D eigenvalue weighted by Gasteiger charge is -1.94. The van der Waals surface area contributed by atoms with Crippen molar-refractivity contribution in [1.29, 1.82) is 0 Å². The summed E-state index contributed by atoms with van der Waals surface area (Å²) in [7, 11) is 0. The Morgan fingerprint density at radius 3 is 2.85 bits per heavy atom. The number of unbranched alkanes of at least 4 members (excludes halogenated alkanes) is 2. The number of aromatic carboxylic acids is 1. The van der Waals surface area contributed by atoms with Gasteiger partial charge in [0, 0.05) is 6.20 Å². The van der Waals surface area contributed by atoms with Crippen LogP contribution in [-0.2, 0) is 6.42 Å². The Labute approximate surface area is 77.8 Å². The molecule has 0 unspecified atom stereocenters. The minimum atomic E-state index is -0.887. The number of hydrogen-bond donors (Lipinski definition) is 2. The van der Waals surface area contributed by atoms with Crippen LogP contribution >= 0.6 is 0 Å². The minimum Gasteiger partial charge on any atom is -0.477 e. The van der Waals surface area contributed by atoms with E-state index in [0.717, 1.165) is 18.4 Å². The van der Waals surface area contributed by atoms with E-state index in [1.807, 2.05) is 0 Å². The zero-order valence-corrected chi connectivity index (χ0v) is 7.84. The number of carboxylic acid groups (broad SMARTS) is 1. The van der Waals surface area contributed by atoms with Crippen molar-refractivity contribution in [3.8, 4) is 0 Å². The van der Waals surface area contributed by atoms with E-state index in [0.29, 0.717) is 0 Å². The van der Waals surface area contributed by atoms with Gasteiger partial charge in [0.2, 0.25) is 0 Å². The molecule has 0 amide bonds. The quantitative estimate of drug-likeness (QED) is 0.685. The molecule has 13 heavy (non-hydrogen) atoms. The largest absolute Gasteiger partial charge is 0.477 e. The molecule has 0 aromatic carbocycles. The van der Waals surface area contributed by atoms with Crippen molar-refractivity contribution < 1.29 is 9.90 Å². The van der Waals surface area contributed by atoms with Crippen LogP contribution in [0, 0.1) is 0 Å². The van der Waals surface area contributed by atoms with Gasteiger partial charge in [-0.1, -0.05) is 19.8 Å². The molecule has 1 aromatic heterocycles. The number of H-pyrrole nitrogens is 1. The molecule has 0 radical (unpaired) electrons. The minimum absolute atomic E-state index is 0.284. The molecule has 1 heterocycles. The molecule has 0 spiro atoms. The first kappa shape index (κ1) is 9.84. The smallest absolute Gasteiger partial charge is 0.352 e. The third-order valence-electron chi connectivity index (χ3n) is 2.04. The molecule has 3 heteroatoms. The molecule has 72 valence electrons. The van der Waals surface area contributed by atoms with Crippen LogP contribution in [0.25, 0.3) is 0 Å². The Kier molecular flexibility index (Phi) is 3.55. The molecular formula is C10H15NO2. The predicted molar refractivity (Wildman–Crippen MR) is 51.0 cm³/mol. The lowest BCUT2D eigenvalue weighted by molar-refractivity contribution is 0.0691. The number of carboxylic acids is 1. The Morgan fingerprint density at radius 2 is 2.31 bits per heavy atom. The summed E-state index contributed by atoms with van der Waals surface area (Å²) < 4.78 is 0. The van der Waals surface area contributed by atoms with E-state index in [-0.39, 0.29) is 5.69 Å². The number of aromatic amines is 1. The SMILES string of the molecule is CCCCCc1c[nH]c(C(=O)O)c1. The van der Waals surface area contributed by atoms with Crippen molar-refractivity contribution in [3.05, 3.63) is 23.5 Å². The van der Waals surface area contributed by atoms with Crippen LogP contribution in [0.5, 0.6) is 0 Å². The van der Waals surface area contributed by atoms with E-state index in [1.54, 1.807) is 12.3 Å². The maximum absolute atomic E-state index is 10.5. The summed E-state index contributed by atoms with van der Waals surface area (Å²) in [6, 6.07) is 1.71. The number of rotatable bonds is 5. The molecule has 0 saturated heterocycles. The topological polar surface area (TPSA) is 53.1 Å². The average molecular weight is 181 g/mol. The van der Waals surface area contributed by atoms with Gasteiger partial charge in [-0.3, -0.25) is 0 Å². The van der Waals surface area contributed by atoms with E-state index in [4.69, 9.17) is 5.11 Å². The Balaban J connectivity index is 2.44. The average Bonchev–Trinajstić information content (AvgIpc) is 2.53. The van der Waals surface area contributed by atoms with E-state index in [2.05, 4.69) is 11.9 Å². The fraction of sp³-hybridized carbons (Fsp3) is 0.500. The molecule has 0 fully saturated rings. The van der Waals surface area contributed by atoms with Crippen LogP contribution in [0.15, 0.2) is 12.3 Å². The van der Waals surface area contributed by atoms with Crippen molar-refractivity contribution in [1.82, 2.24) is 4.98 Å². The highest BCUT2D eigenvalue weighted by molar-refractivity contribution is 5.85. The Hall–Kier alpha value is -1.25. The van der Waals surface area contributed by atoms with Crippen molar-refractivity contribution in [3.63, 3.8) is 0 Å². The van der Waals surface area contributed by atoms with Gasteiger partial charge in [-0.25, -0.2) is 4.79 Å². The Morgan fingerprint density at radius 1 is 1.54 bits per heavy atom. The molecular weight excluding hydrogens is 166 g/mol.